The molecule has 0 heterocycles. The number of hydrogen-bond acceptors (Lipinski definition) is 1. The molecule has 0 atom stereocenters. The minimum Gasteiger partial charge on any atom is -0.330 e. The van der Waals surface area contributed by atoms with Crippen molar-refractivity contribution in [2.24, 2.45) is 5.73 Å². The number of nitrogens with two attached hydrogens (primary N) is 1. The number of rotatable bonds is 3. The lowest BCUT2D eigenvalue weighted by atomic mass is 9.95. The highest BCUT2D eigenvalue weighted by atomic mass is 14.5. The first kappa shape index (κ1) is 11.9. The number of benzene rings is 2. The van der Waals surface area contributed by atoms with Gasteiger partial charge in [0.15, 0.2) is 0 Å². The van der Waals surface area contributed by atoms with E-state index in [2.05, 4.69) is 56.3 Å². The quantitative estimate of drug-likeness (QED) is 0.850. The molecule has 0 saturated heterocycles. The van der Waals surface area contributed by atoms with E-state index in [1.807, 2.05) is 0 Å². The van der Waals surface area contributed by atoms with Crippen LogP contribution in [-0.4, -0.2) is 6.54 Å². The van der Waals surface area contributed by atoms with Crippen LogP contribution in [0.25, 0.3) is 11.1 Å². The molecule has 1 heteroatoms. The Balaban J connectivity index is 2.45. The lowest BCUT2D eigenvalue weighted by Gasteiger charge is -2.10. The van der Waals surface area contributed by atoms with Gasteiger partial charge in [-0.25, -0.2) is 0 Å². The normalized spacial score (nSPS) is 10.5. The van der Waals surface area contributed by atoms with E-state index in [0.29, 0.717) is 6.54 Å². The van der Waals surface area contributed by atoms with Crippen molar-refractivity contribution in [3.05, 3.63) is 59.2 Å². The average molecular weight is 225 g/mol. The Morgan fingerprint density at radius 1 is 1.00 bits per heavy atom. The van der Waals surface area contributed by atoms with Crippen molar-refractivity contribution in [3.63, 3.8) is 0 Å². The van der Waals surface area contributed by atoms with Gasteiger partial charge < -0.3 is 5.73 Å². The monoisotopic (exact) mass is 225 g/mol. The predicted octanol–water partition coefficient (Wildman–Crippen LogP) is 3.47. The highest BCUT2D eigenvalue weighted by molar-refractivity contribution is 5.69. The fourth-order valence-corrected chi connectivity index (χ4v) is 2.12. The van der Waals surface area contributed by atoms with Crippen LogP contribution in [0, 0.1) is 13.8 Å². The second-order valence-corrected chi connectivity index (χ2v) is 4.49. The molecule has 0 radical (unpaired) electrons. The van der Waals surface area contributed by atoms with E-state index in [4.69, 9.17) is 5.73 Å². The zero-order valence-electron chi connectivity index (χ0n) is 10.5. The van der Waals surface area contributed by atoms with Crippen LogP contribution in [0.5, 0.6) is 0 Å². The molecule has 1 nitrogen and oxygen atoms in total. The van der Waals surface area contributed by atoms with Gasteiger partial charge in [0.1, 0.15) is 0 Å². The van der Waals surface area contributed by atoms with Gasteiger partial charge in [-0.3, -0.25) is 0 Å². The third-order valence-electron chi connectivity index (χ3n) is 3.28. The van der Waals surface area contributed by atoms with E-state index in [1.54, 1.807) is 0 Å². The summed E-state index contributed by atoms with van der Waals surface area (Å²) in [6.45, 7) is 5.04. The Bertz CT molecular complexity index is 515. The van der Waals surface area contributed by atoms with Gasteiger partial charge in [-0.05, 0) is 54.6 Å². The first-order valence-electron chi connectivity index (χ1n) is 6.08. The topological polar surface area (TPSA) is 26.0 Å². The maximum Gasteiger partial charge on any atom is -0.00367 e. The van der Waals surface area contributed by atoms with Gasteiger partial charge in [0.25, 0.3) is 0 Å². The van der Waals surface area contributed by atoms with Crippen molar-refractivity contribution in [2.45, 2.75) is 20.3 Å². The lowest BCUT2D eigenvalue weighted by Crippen LogP contribution is -2.02. The molecule has 0 spiro atoms. The summed E-state index contributed by atoms with van der Waals surface area (Å²) < 4.78 is 0. The van der Waals surface area contributed by atoms with E-state index in [-0.39, 0.29) is 0 Å². The van der Waals surface area contributed by atoms with Crippen LogP contribution in [-0.2, 0) is 6.42 Å². The average Bonchev–Trinajstić information content (AvgIpc) is 2.33. The number of hydrogen-bond donors (Lipinski definition) is 1. The molecule has 0 bridgehead atoms. The van der Waals surface area contributed by atoms with Crippen LogP contribution in [0.1, 0.15) is 16.7 Å². The zero-order valence-corrected chi connectivity index (χ0v) is 10.5. The van der Waals surface area contributed by atoms with Gasteiger partial charge in [-0.1, -0.05) is 42.5 Å². The molecule has 0 aromatic heterocycles. The molecule has 0 aliphatic carbocycles. The van der Waals surface area contributed by atoms with Crippen molar-refractivity contribution in [1.82, 2.24) is 0 Å². The third kappa shape index (κ3) is 2.56. The molecule has 2 N–H and O–H groups in total. The molecule has 0 aliphatic heterocycles. The van der Waals surface area contributed by atoms with Gasteiger partial charge >= 0.3 is 0 Å². The summed E-state index contributed by atoms with van der Waals surface area (Å²) in [6.07, 6.45) is 0.943. The van der Waals surface area contributed by atoms with Crippen molar-refractivity contribution >= 4 is 0 Å². The smallest absolute Gasteiger partial charge is 0.00367 e. The summed E-state index contributed by atoms with van der Waals surface area (Å²) in [5.41, 5.74) is 12.2. The van der Waals surface area contributed by atoms with Crippen molar-refractivity contribution in [1.29, 1.82) is 0 Å². The van der Waals surface area contributed by atoms with Crippen molar-refractivity contribution < 1.29 is 0 Å². The van der Waals surface area contributed by atoms with Crippen LogP contribution < -0.4 is 5.73 Å². The van der Waals surface area contributed by atoms with E-state index >= 15 is 0 Å². The molecule has 2 aromatic rings. The van der Waals surface area contributed by atoms with E-state index in [0.717, 1.165) is 6.42 Å². The molecule has 0 fully saturated rings. The van der Waals surface area contributed by atoms with Gasteiger partial charge in [0, 0.05) is 0 Å². The zero-order chi connectivity index (χ0) is 12.3. The Morgan fingerprint density at radius 2 is 1.76 bits per heavy atom. The molecule has 17 heavy (non-hydrogen) atoms. The second-order valence-electron chi connectivity index (χ2n) is 4.49. The molecule has 0 amide bonds. The molecular weight excluding hydrogens is 206 g/mol. The third-order valence-corrected chi connectivity index (χ3v) is 3.28. The van der Waals surface area contributed by atoms with Gasteiger partial charge in [-0.15, -0.1) is 0 Å². The molecule has 2 aromatic carbocycles. The molecule has 88 valence electrons. The first-order valence-corrected chi connectivity index (χ1v) is 6.08. The fraction of sp³-hybridized carbons (Fsp3) is 0.250. The highest BCUT2D eigenvalue weighted by Crippen LogP contribution is 2.26. The van der Waals surface area contributed by atoms with Crippen LogP contribution in [0.3, 0.4) is 0 Å². The Hall–Kier alpha value is -1.60. The summed E-state index contributed by atoms with van der Waals surface area (Å²) in [6, 6.07) is 15.1. The van der Waals surface area contributed by atoms with E-state index < -0.39 is 0 Å². The molecule has 2 rings (SSSR count). The predicted molar refractivity (Wildman–Crippen MR) is 74.1 cm³/mol. The van der Waals surface area contributed by atoms with Crippen LogP contribution in [0.15, 0.2) is 42.5 Å². The summed E-state index contributed by atoms with van der Waals surface area (Å²) >= 11 is 0. The van der Waals surface area contributed by atoms with Crippen LogP contribution >= 0.6 is 0 Å². The molecule has 0 aliphatic rings. The molecule has 0 unspecified atom stereocenters. The van der Waals surface area contributed by atoms with Gasteiger partial charge in [0.05, 0.1) is 0 Å². The van der Waals surface area contributed by atoms with E-state index in [9.17, 15) is 0 Å². The Labute approximate surface area is 103 Å². The minimum atomic E-state index is 0.705. The van der Waals surface area contributed by atoms with E-state index in [1.165, 1.54) is 27.8 Å². The molecule has 0 saturated carbocycles. The Morgan fingerprint density at radius 3 is 2.53 bits per heavy atom. The number of aryl methyl sites for hydroxylation is 1. The second kappa shape index (κ2) is 5.15. The largest absolute Gasteiger partial charge is 0.330 e. The summed E-state index contributed by atoms with van der Waals surface area (Å²) in [7, 11) is 0. The summed E-state index contributed by atoms with van der Waals surface area (Å²) in [5, 5.41) is 0. The van der Waals surface area contributed by atoms with Crippen molar-refractivity contribution in [3.8, 4) is 11.1 Å². The fourth-order valence-electron chi connectivity index (χ4n) is 2.12. The summed E-state index contributed by atoms with van der Waals surface area (Å²) in [5.74, 6) is 0. The minimum absolute atomic E-state index is 0.705. The molecular formula is C16H19N. The van der Waals surface area contributed by atoms with Gasteiger partial charge in [-0.2, -0.15) is 0 Å². The SMILES string of the molecule is Cc1cccc(-c2cccc(CCN)c2)c1C. The lowest BCUT2D eigenvalue weighted by molar-refractivity contribution is 0.969. The highest BCUT2D eigenvalue weighted by Gasteiger charge is 2.04. The van der Waals surface area contributed by atoms with Gasteiger partial charge in [0.2, 0.25) is 0 Å². The van der Waals surface area contributed by atoms with Crippen molar-refractivity contribution in [2.75, 3.05) is 6.54 Å². The maximum atomic E-state index is 5.60. The summed E-state index contributed by atoms with van der Waals surface area (Å²) in [4.78, 5) is 0. The standard InChI is InChI=1S/C16H19N/c1-12-5-3-8-16(13(12)2)15-7-4-6-14(11-15)9-10-17/h3-8,11H,9-10,17H2,1-2H3. The van der Waals surface area contributed by atoms with Crippen LogP contribution in [0.4, 0.5) is 0 Å². The van der Waals surface area contributed by atoms with Crippen LogP contribution in [0.2, 0.25) is 0 Å². The maximum absolute atomic E-state index is 5.60. The Kier molecular flexibility index (Phi) is 3.60. The first-order chi connectivity index (χ1) is 8.22.